The molecule has 0 aliphatic rings. The Morgan fingerprint density at radius 1 is 1.30 bits per heavy atom. The van der Waals surface area contributed by atoms with Crippen LogP contribution in [0.1, 0.15) is 39.2 Å². The van der Waals surface area contributed by atoms with Crippen LogP contribution in [0.3, 0.4) is 0 Å². The summed E-state index contributed by atoms with van der Waals surface area (Å²) in [6.45, 7) is 5.47. The summed E-state index contributed by atoms with van der Waals surface area (Å²) in [7, 11) is 0. The number of carboxylic acids is 1. The molecule has 0 amide bonds. The molecule has 1 aromatic rings. The largest absolute Gasteiger partial charge is 0.481 e. The summed E-state index contributed by atoms with van der Waals surface area (Å²) < 4.78 is 5.33. The van der Waals surface area contributed by atoms with E-state index < -0.39 is 17.3 Å². The Bertz CT molecular complexity index is 455. The van der Waals surface area contributed by atoms with Gasteiger partial charge in [0.15, 0.2) is 0 Å². The summed E-state index contributed by atoms with van der Waals surface area (Å²) in [5.74, 6) is -1.79. The van der Waals surface area contributed by atoms with Gasteiger partial charge in [0.2, 0.25) is 0 Å². The van der Waals surface area contributed by atoms with Crippen LogP contribution in [0.4, 0.5) is 0 Å². The third kappa shape index (κ3) is 4.37. The number of carbonyl (C=O) groups is 2. The fourth-order valence-electron chi connectivity index (χ4n) is 2.03. The number of ether oxygens (including phenoxy) is 1. The van der Waals surface area contributed by atoms with Crippen molar-refractivity contribution < 1.29 is 19.4 Å². The molecule has 0 saturated heterocycles. The van der Waals surface area contributed by atoms with Gasteiger partial charge in [-0.15, -0.1) is 0 Å². The first-order valence-corrected chi connectivity index (χ1v) is 6.83. The van der Waals surface area contributed by atoms with Gasteiger partial charge in [-0.25, -0.2) is 0 Å². The van der Waals surface area contributed by atoms with Crippen LogP contribution in [0.15, 0.2) is 30.3 Å². The van der Waals surface area contributed by atoms with Gasteiger partial charge in [-0.05, 0) is 25.3 Å². The molecule has 2 unspecified atom stereocenters. The summed E-state index contributed by atoms with van der Waals surface area (Å²) >= 11 is 0. The maximum atomic E-state index is 12.2. The van der Waals surface area contributed by atoms with Crippen molar-refractivity contribution in [2.45, 2.75) is 40.2 Å². The minimum Gasteiger partial charge on any atom is -0.481 e. The maximum absolute atomic E-state index is 12.2. The van der Waals surface area contributed by atoms with Crippen LogP contribution < -0.4 is 0 Å². The number of hydrogen-bond donors (Lipinski definition) is 1. The van der Waals surface area contributed by atoms with Gasteiger partial charge in [0.1, 0.15) is 6.61 Å². The minimum absolute atomic E-state index is 0.219. The highest BCUT2D eigenvalue weighted by Crippen LogP contribution is 2.31. The predicted molar refractivity (Wildman–Crippen MR) is 76.1 cm³/mol. The van der Waals surface area contributed by atoms with E-state index in [1.165, 1.54) is 0 Å². The first-order valence-electron chi connectivity index (χ1n) is 6.83. The number of aliphatic carboxylic acids is 1. The van der Waals surface area contributed by atoms with Crippen LogP contribution in [0, 0.1) is 11.3 Å². The third-order valence-corrected chi connectivity index (χ3v) is 3.66. The summed E-state index contributed by atoms with van der Waals surface area (Å²) in [5, 5.41) is 8.98. The van der Waals surface area contributed by atoms with Crippen molar-refractivity contribution in [3.8, 4) is 0 Å². The van der Waals surface area contributed by atoms with Gasteiger partial charge >= 0.3 is 11.9 Å². The summed E-state index contributed by atoms with van der Waals surface area (Å²) in [4.78, 5) is 23.2. The van der Waals surface area contributed by atoms with E-state index in [0.717, 1.165) is 5.56 Å². The Labute approximate surface area is 119 Å². The van der Waals surface area contributed by atoms with Gasteiger partial charge in [0, 0.05) is 0 Å². The number of hydrogen-bond acceptors (Lipinski definition) is 3. The lowest BCUT2D eigenvalue weighted by atomic mass is 9.79. The molecule has 0 bridgehead atoms. The van der Waals surface area contributed by atoms with Gasteiger partial charge in [0.25, 0.3) is 0 Å². The molecule has 1 aromatic carbocycles. The van der Waals surface area contributed by atoms with Crippen molar-refractivity contribution in [1.82, 2.24) is 0 Å². The lowest BCUT2D eigenvalue weighted by molar-refractivity contribution is -0.158. The predicted octanol–water partition coefficient (Wildman–Crippen LogP) is 3.26. The molecule has 0 aliphatic heterocycles. The molecule has 1 N–H and O–H groups in total. The molecule has 0 heterocycles. The van der Waals surface area contributed by atoms with Gasteiger partial charge < -0.3 is 9.84 Å². The van der Waals surface area contributed by atoms with E-state index in [2.05, 4.69) is 0 Å². The van der Waals surface area contributed by atoms with Gasteiger partial charge in [-0.1, -0.05) is 44.2 Å². The molecule has 1 rings (SSSR count). The quantitative estimate of drug-likeness (QED) is 0.778. The second-order valence-corrected chi connectivity index (χ2v) is 5.42. The van der Waals surface area contributed by atoms with Gasteiger partial charge in [-0.3, -0.25) is 9.59 Å². The summed E-state index contributed by atoms with van der Waals surface area (Å²) in [6.07, 6.45) is 0.838. The molecular weight excluding hydrogens is 256 g/mol. The van der Waals surface area contributed by atoms with Crippen LogP contribution in [0.2, 0.25) is 0 Å². The molecule has 0 aromatic heterocycles. The van der Waals surface area contributed by atoms with Crippen molar-refractivity contribution in [1.29, 1.82) is 0 Å². The fourth-order valence-corrected chi connectivity index (χ4v) is 2.03. The van der Waals surface area contributed by atoms with E-state index in [9.17, 15) is 9.59 Å². The minimum atomic E-state index is -0.888. The zero-order valence-electron chi connectivity index (χ0n) is 12.3. The molecule has 4 heteroatoms. The van der Waals surface area contributed by atoms with Gasteiger partial charge in [-0.2, -0.15) is 0 Å². The Kier molecular flexibility index (Phi) is 5.74. The molecular formula is C16H22O4. The monoisotopic (exact) mass is 278 g/mol. The van der Waals surface area contributed by atoms with Crippen molar-refractivity contribution in [2.75, 3.05) is 0 Å². The first-order chi connectivity index (χ1) is 9.39. The molecule has 110 valence electrons. The molecule has 20 heavy (non-hydrogen) atoms. The van der Waals surface area contributed by atoms with Gasteiger partial charge in [0.05, 0.1) is 11.3 Å². The van der Waals surface area contributed by atoms with E-state index in [-0.39, 0.29) is 19.0 Å². The summed E-state index contributed by atoms with van der Waals surface area (Å²) in [6, 6.07) is 9.44. The van der Waals surface area contributed by atoms with Crippen LogP contribution >= 0.6 is 0 Å². The zero-order chi connectivity index (χ0) is 15.2. The van der Waals surface area contributed by atoms with Crippen molar-refractivity contribution >= 4 is 11.9 Å². The number of esters is 1. The van der Waals surface area contributed by atoms with Crippen LogP contribution in [-0.4, -0.2) is 17.0 Å². The lowest BCUT2D eigenvalue weighted by Gasteiger charge is -2.27. The van der Waals surface area contributed by atoms with E-state index in [4.69, 9.17) is 9.84 Å². The first kappa shape index (κ1) is 16.2. The fraction of sp³-hybridized carbons (Fsp3) is 0.500. The van der Waals surface area contributed by atoms with Crippen LogP contribution in [-0.2, 0) is 20.9 Å². The Balaban J connectivity index is 2.64. The molecule has 0 aliphatic carbocycles. The van der Waals surface area contributed by atoms with Crippen LogP contribution in [0.5, 0.6) is 0 Å². The standard InChI is InChI=1S/C16H22O4/c1-4-16(3,10-12(2)14(17)18)15(19)20-11-13-8-6-5-7-9-13/h5-9,12H,4,10-11H2,1-3H3,(H,17,18). The molecule has 0 saturated carbocycles. The Morgan fingerprint density at radius 3 is 2.40 bits per heavy atom. The number of carbonyl (C=O) groups excluding carboxylic acids is 1. The normalized spacial score (nSPS) is 15.2. The smallest absolute Gasteiger partial charge is 0.312 e. The highest BCUT2D eigenvalue weighted by Gasteiger charge is 2.36. The molecule has 0 fully saturated rings. The zero-order valence-corrected chi connectivity index (χ0v) is 12.3. The molecule has 2 atom stereocenters. The number of rotatable bonds is 7. The Hall–Kier alpha value is -1.84. The van der Waals surface area contributed by atoms with E-state index in [0.29, 0.717) is 6.42 Å². The highest BCUT2D eigenvalue weighted by atomic mass is 16.5. The lowest BCUT2D eigenvalue weighted by Crippen LogP contribution is -2.32. The molecule has 0 spiro atoms. The second-order valence-electron chi connectivity index (χ2n) is 5.42. The van der Waals surface area contributed by atoms with E-state index in [1.54, 1.807) is 13.8 Å². The van der Waals surface area contributed by atoms with E-state index in [1.807, 2.05) is 37.3 Å². The van der Waals surface area contributed by atoms with Crippen molar-refractivity contribution in [3.05, 3.63) is 35.9 Å². The molecule has 4 nitrogen and oxygen atoms in total. The number of carboxylic acid groups (broad SMARTS) is 1. The molecule has 0 radical (unpaired) electrons. The third-order valence-electron chi connectivity index (χ3n) is 3.66. The van der Waals surface area contributed by atoms with Crippen LogP contribution in [0.25, 0.3) is 0 Å². The SMILES string of the molecule is CCC(C)(CC(C)C(=O)O)C(=O)OCc1ccccc1. The summed E-state index contributed by atoms with van der Waals surface area (Å²) in [5.41, 5.74) is 0.164. The van der Waals surface area contributed by atoms with E-state index >= 15 is 0 Å². The second kappa shape index (κ2) is 7.08. The average molecular weight is 278 g/mol. The maximum Gasteiger partial charge on any atom is 0.312 e. The topological polar surface area (TPSA) is 63.6 Å². The number of benzene rings is 1. The average Bonchev–Trinajstić information content (AvgIpc) is 2.45. The van der Waals surface area contributed by atoms with Crippen molar-refractivity contribution in [3.63, 3.8) is 0 Å². The van der Waals surface area contributed by atoms with Crippen molar-refractivity contribution in [2.24, 2.45) is 11.3 Å². The highest BCUT2D eigenvalue weighted by molar-refractivity contribution is 5.78. The Morgan fingerprint density at radius 2 is 1.90 bits per heavy atom.